The fraction of sp³-hybridized carbons (Fsp3) is 0.600. The lowest BCUT2D eigenvalue weighted by molar-refractivity contribution is 0.434. The van der Waals surface area contributed by atoms with E-state index in [0.29, 0.717) is 6.04 Å². The van der Waals surface area contributed by atoms with Crippen molar-refractivity contribution in [1.82, 2.24) is 5.32 Å². The van der Waals surface area contributed by atoms with Gasteiger partial charge in [0.15, 0.2) is 0 Å². The van der Waals surface area contributed by atoms with Crippen molar-refractivity contribution in [2.24, 2.45) is 5.92 Å². The van der Waals surface area contributed by atoms with Gasteiger partial charge in [0.1, 0.15) is 11.6 Å². The van der Waals surface area contributed by atoms with Crippen molar-refractivity contribution in [2.45, 2.75) is 45.1 Å². The molecule has 100 valence electrons. The van der Waals surface area contributed by atoms with Gasteiger partial charge in [0, 0.05) is 12.1 Å². The molecule has 0 bridgehead atoms. The maximum absolute atomic E-state index is 13.0. The molecule has 1 aromatic carbocycles. The van der Waals surface area contributed by atoms with Crippen LogP contribution in [0.25, 0.3) is 0 Å². The largest absolute Gasteiger partial charge is 0.314 e. The van der Waals surface area contributed by atoms with Gasteiger partial charge in [0.2, 0.25) is 0 Å². The summed E-state index contributed by atoms with van der Waals surface area (Å²) in [7, 11) is 0. The summed E-state index contributed by atoms with van der Waals surface area (Å²) < 4.78 is 26.0. The lowest BCUT2D eigenvalue weighted by Gasteiger charge is -2.16. The van der Waals surface area contributed by atoms with Gasteiger partial charge in [0.05, 0.1) is 0 Å². The van der Waals surface area contributed by atoms with E-state index in [9.17, 15) is 8.78 Å². The Balaban J connectivity index is 1.79. The summed E-state index contributed by atoms with van der Waals surface area (Å²) in [6.45, 7) is 3.12. The molecule has 3 heteroatoms. The van der Waals surface area contributed by atoms with Crippen LogP contribution in [0.4, 0.5) is 8.78 Å². The first-order chi connectivity index (χ1) is 8.69. The van der Waals surface area contributed by atoms with Crippen LogP contribution in [0.3, 0.4) is 0 Å². The zero-order valence-electron chi connectivity index (χ0n) is 10.9. The van der Waals surface area contributed by atoms with Crippen LogP contribution in [0.5, 0.6) is 0 Å². The molecule has 1 atom stereocenters. The van der Waals surface area contributed by atoms with Crippen LogP contribution in [0.1, 0.15) is 38.2 Å². The molecule has 1 aliphatic rings. The number of benzene rings is 1. The van der Waals surface area contributed by atoms with Crippen molar-refractivity contribution in [2.75, 3.05) is 6.54 Å². The van der Waals surface area contributed by atoms with E-state index in [2.05, 4.69) is 12.2 Å². The minimum Gasteiger partial charge on any atom is -0.314 e. The highest BCUT2D eigenvalue weighted by Gasteiger charge is 2.29. The molecule has 0 spiro atoms. The van der Waals surface area contributed by atoms with Gasteiger partial charge in [-0.1, -0.05) is 6.92 Å². The van der Waals surface area contributed by atoms with Gasteiger partial charge in [0.25, 0.3) is 0 Å². The Bertz CT molecular complexity index is 368. The summed E-state index contributed by atoms with van der Waals surface area (Å²) in [6, 6.07) is 4.38. The third-order valence-electron chi connectivity index (χ3n) is 3.56. The van der Waals surface area contributed by atoms with Crippen molar-refractivity contribution in [1.29, 1.82) is 0 Å². The molecule has 1 fully saturated rings. The molecule has 1 N–H and O–H groups in total. The standard InChI is InChI=1S/C15H21F2N/c1-2-18-15(12-6-7-12)5-3-4-11-8-13(16)10-14(17)9-11/h8-10,12,15,18H,2-7H2,1H3. The maximum atomic E-state index is 13.0. The zero-order chi connectivity index (χ0) is 13.0. The van der Waals surface area contributed by atoms with E-state index in [1.165, 1.54) is 25.0 Å². The monoisotopic (exact) mass is 253 g/mol. The van der Waals surface area contributed by atoms with Crippen molar-refractivity contribution >= 4 is 0 Å². The van der Waals surface area contributed by atoms with Gasteiger partial charge < -0.3 is 5.32 Å². The summed E-state index contributed by atoms with van der Waals surface area (Å²) in [5.74, 6) is -0.125. The number of rotatable bonds is 7. The first-order valence-corrected chi connectivity index (χ1v) is 6.87. The Morgan fingerprint density at radius 2 is 1.89 bits per heavy atom. The van der Waals surface area contributed by atoms with Gasteiger partial charge in [-0.2, -0.15) is 0 Å². The lowest BCUT2D eigenvalue weighted by atomic mass is 10.0. The molecule has 18 heavy (non-hydrogen) atoms. The quantitative estimate of drug-likeness (QED) is 0.781. The van der Waals surface area contributed by atoms with E-state index < -0.39 is 11.6 Å². The van der Waals surface area contributed by atoms with Crippen LogP contribution >= 0.6 is 0 Å². The van der Waals surface area contributed by atoms with Gasteiger partial charge in [-0.15, -0.1) is 0 Å². The normalized spacial score (nSPS) is 16.8. The fourth-order valence-electron chi connectivity index (χ4n) is 2.55. The second-order valence-corrected chi connectivity index (χ2v) is 5.17. The smallest absolute Gasteiger partial charge is 0.126 e. The Morgan fingerprint density at radius 1 is 1.22 bits per heavy atom. The molecule has 0 amide bonds. The fourth-order valence-corrected chi connectivity index (χ4v) is 2.55. The average Bonchev–Trinajstić information content (AvgIpc) is 3.10. The first kappa shape index (κ1) is 13.5. The van der Waals surface area contributed by atoms with Gasteiger partial charge in [-0.3, -0.25) is 0 Å². The number of hydrogen-bond donors (Lipinski definition) is 1. The number of halogens is 2. The molecular weight excluding hydrogens is 232 g/mol. The molecule has 0 aliphatic heterocycles. The van der Waals surface area contributed by atoms with Crippen molar-refractivity contribution < 1.29 is 8.78 Å². The van der Waals surface area contributed by atoms with Crippen molar-refractivity contribution in [3.63, 3.8) is 0 Å². The van der Waals surface area contributed by atoms with Gasteiger partial charge in [-0.25, -0.2) is 8.78 Å². The lowest BCUT2D eigenvalue weighted by Crippen LogP contribution is -2.30. The molecule has 1 unspecified atom stereocenters. The van der Waals surface area contributed by atoms with Crippen molar-refractivity contribution in [3.8, 4) is 0 Å². The molecule has 0 aromatic heterocycles. The van der Waals surface area contributed by atoms with Crippen LogP contribution in [0.15, 0.2) is 18.2 Å². The van der Waals surface area contributed by atoms with E-state index in [1.54, 1.807) is 0 Å². The summed E-state index contributed by atoms with van der Waals surface area (Å²) in [5.41, 5.74) is 0.763. The Morgan fingerprint density at radius 3 is 2.44 bits per heavy atom. The molecule has 2 rings (SSSR count). The Kier molecular flexibility index (Phi) is 4.70. The Hall–Kier alpha value is -0.960. The maximum Gasteiger partial charge on any atom is 0.126 e. The van der Waals surface area contributed by atoms with E-state index in [-0.39, 0.29) is 0 Å². The predicted octanol–water partition coefficient (Wildman–Crippen LogP) is 3.68. The molecular formula is C15H21F2N. The zero-order valence-corrected chi connectivity index (χ0v) is 10.9. The summed E-state index contributed by atoms with van der Waals surface area (Å²) in [6.07, 6.45) is 5.48. The van der Waals surface area contributed by atoms with E-state index in [0.717, 1.165) is 43.4 Å². The van der Waals surface area contributed by atoms with Crippen LogP contribution in [0.2, 0.25) is 0 Å². The summed E-state index contributed by atoms with van der Waals surface area (Å²) in [4.78, 5) is 0. The second kappa shape index (κ2) is 6.28. The van der Waals surface area contributed by atoms with E-state index in [4.69, 9.17) is 0 Å². The molecule has 1 aromatic rings. The number of nitrogens with one attached hydrogen (secondary N) is 1. The first-order valence-electron chi connectivity index (χ1n) is 6.87. The average molecular weight is 253 g/mol. The van der Waals surface area contributed by atoms with E-state index >= 15 is 0 Å². The third kappa shape index (κ3) is 4.05. The van der Waals surface area contributed by atoms with Crippen LogP contribution in [0, 0.1) is 17.6 Å². The molecule has 1 saturated carbocycles. The highest BCUT2D eigenvalue weighted by atomic mass is 19.1. The highest BCUT2D eigenvalue weighted by molar-refractivity contribution is 5.17. The minimum atomic E-state index is -0.476. The summed E-state index contributed by atoms with van der Waals surface area (Å²) >= 11 is 0. The Labute approximate surface area is 108 Å². The van der Waals surface area contributed by atoms with Gasteiger partial charge >= 0.3 is 0 Å². The molecule has 1 aliphatic carbocycles. The molecule has 1 nitrogen and oxygen atoms in total. The second-order valence-electron chi connectivity index (χ2n) is 5.17. The van der Waals surface area contributed by atoms with Crippen LogP contribution in [-0.4, -0.2) is 12.6 Å². The third-order valence-corrected chi connectivity index (χ3v) is 3.56. The number of aryl methyl sites for hydroxylation is 1. The summed E-state index contributed by atoms with van der Waals surface area (Å²) in [5, 5.41) is 3.51. The van der Waals surface area contributed by atoms with Crippen molar-refractivity contribution in [3.05, 3.63) is 35.4 Å². The van der Waals surface area contributed by atoms with Crippen LogP contribution in [-0.2, 0) is 6.42 Å². The minimum absolute atomic E-state index is 0.476. The molecule has 0 heterocycles. The van der Waals surface area contributed by atoms with Crippen LogP contribution < -0.4 is 5.32 Å². The topological polar surface area (TPSA) is 12.0 Å². The number of hydrogen-bond acceptors (Lipinski definition) is 1. The highest BCUT2D eigenvalue weighted by Crippen LogP contribution is 2.34. The SMILES string of the molecule is CCNC(CCCc1cc(F)cc(F)c1)C1CC1. The predicted molar refractivity (Wildman–Crippen MR) is 69.5 cm³/mol. The van der Waals surface area contributed by atoms with Gasteiger partial charge in [-0.05, 0) is 62.3 Å². The molecule has 0 saturated heterocycles. The van der Waals surface area contributed by atoms with E-state index in [1.807, 2.05) is 0 Å². The molecule has 0 radical (unpaired) electrons.